The Morgan fingerprint density at radius 3 is 2.77 bits per heavy atom. The first-order valence-corrected chi connectivity index (χ1v) is 7.21. The molecule has 5 nitrogen and oxygen atoms in total. The Labute approximate surface area is 136 Å². The molecule has 2 heterocycles. The lowest BCUT2D eigenvalue weighted by Gasteiger charge is -2.22. The third-order valence-electron chi connectivity index (χ3n) is 4.27. The van der Waals surface area contributed by atoms with Gasteiger partial charge in [-0.05, 0) is 18.4 Å². The number of aromatic amines is 1. The van der Waals surface area contributed by atoms with Crippen molar-refractivity contribution in [3.05, 3.63) is 42.1 Å². The normalized spacial score (nSPS) is 20.7. The number of nitrogens with zero attached hydrogens (tertiary/aromatic N) is 2. The molecule has 118 valence electrons. The highest BCUT2D eigenvalue weighted by Crippen LogP contribution is 2.31. The predicted molar refractivity (Wildman–Crippen MR) is 89.0 cm³/mol. The lowest BCUT2D eigenvalue weighted by molar-refractivity contribution is 0.0777. The van der Waals surface area contributed by atoms with E-state index < -0.39 is 0 Å². The van der Waals surface area contributed by atoms with E-state index in [0.29, 0.717) is 18.7 Å². The topological polar surface area (TPSA) is 75.0 Å². The summed E-state index contributed by atoms with van der Waals surface area (Å²) < 4.78 is 0. The van der Waals surface area contributed by atoms with Gasteiger partial charge < -0.3 is 10.6 Å². The summed E-state index contributed by atoms with van der Waals surface area (Å²) in [7, 11) is 0. The van der Waals surface area contributed by atoms with Gasteiger partial charge in [0.05, 0.1) is 17.5 Å². The average molecular weight is 321 g/mol. The first-order valence-electron chi connectivity index (χ1n) is 7.21. The van der Waals surface area contributed by atoms with E-state index in [1.165, 1.54) is 0 Å². The van der Waals surface area contributed by atoms with E-state index in [0.717, 1.165) is 24.2 Å². The Hall–Kier alpha value is -1.85. The Morgan fingerprint density at radius 1 is 1.41 bits per heavy atom. The van der Waals surface area contributed by atoms with Crippen LogP contribution in [0.25, 0.3) is 11.3 Å². The quantitative estimate of drug-likeness (QED) is 0.911. The average Bonchev–Trinajstić information content (AvgIpc) is 3.15. The number of carbonyl (C=O) groups excluding carboxylic acids is 1. The Bertz CT molecular complexity index is 643. The number of nitrogens with two attached hydrogens (primary N) is 1. The molecule has 1 unspecified atom stereocenters. The second-order valence-electron chi connectivity index (χ2n) is 6.02. The molecule has 1 aliphatic rings. The van der Waals surface area contributed by atoms with Crippen molar-refractivity contribution in [1.82, 2.24) is 15.1 Å². The molecule has 0 radical (unpaired) electrons. The van der Waals surface area contributed by atoms with Crippen LogP contribution in [0, 0.1) is 5.41 Å². The number of hydrogen-bond acceptors (Lipinski definition) is 3. The number of nitrogens with one attached hydrogen (secondary N) is 1. The molecule has 0 spiro atoms. The van der Waals surface area contributed by atoms with Crippen molar-refractivity contribution >= 4 is 18.3 Å². The van der Waals surface area contributed by atoms with Crippen LogP contribution < -0.4 is 5.73 Å². The van der Waals surface area contributed by atoms with E-state index in [-0.39, 0.29) is 23.7 Å². The van der Waals surface area contributed by atoms with E-state index in [2.05, 4.69) is 17.1 Å². The number of benzene rings is 1. The first kappa shape index (κ1) is 16.5. The molecule has 6 heteroatoms. The van der Waals surface area contributed by atoms with Gasteiger partial charge in [-0.2, -0.15) is 5.10 Å². The van der Waals surface area contributed by atoms with Crippen molar-refractivity contribution in [2.75, 3.05) is 19.6 Å². The fraction of sp³-hybridized carbons (Fsp3) is 0.375. The molecule has 1 aliphatic heterocycles. The summed E-state index contributed by atoms with van der Waals surface area (Å²) in [6.45, 7) is 4.20. The van der Waals surface area contributed by atoms with Gasteiger partial charge in [-0.15, -0.1) is 12.4 Å². The maximum Gasteiger partial charge on any atom is 0.257 e. The molecular formula is C16H21ClN4O. The maximum absolute atomic E-state index is 12.7. The molecule has 0 saturated carbocycles. The summed E-state index contributed by atoms with van der Waals surface area (Å²) in [6, 6.07) is 9.79. The van der Waals surface area contributed by atoms with Crippen LogP contribution in [-0.4, -0.2) is 40.6 Å². The number of halogens is 1. The molecule has 1 atom stereocenters. The fourth-order valence-corrected chi connectivity index (χ4v) is 2.81. The Balaban J connectivity index is 0.00000176. The van der Waals surface area contributed by atoms with Crippen molar-refractivity contribution in [1.29, 1.82) is 0 Å². The van der Waals surface area contributed by atoms with Crippen LogP contribution in [0.15, 0.2) is 36.5 Å². The zero-order valence-electron chi connectivity index (χ0n) is 12.6. The largest absolute Gasteiger partial charge is 0.338 e. The summed E-state index contributed by atoms with van der Waals surface area (Å²) in [5.74, 6) is 0.0276. The molecule has 1 saturated heterocycles. The second kappa shape index (κ2) is 6.50. The van der Waals surface area contributed by atoms with Crippen LogP contribution in [-0.2, 0) is 0 Å². The van der Waals surface area contributed by atoms with Gasteiger partial charge in [-0.3, -0.25) is 9.89 Å². The first-order chi connectivity index (χ1) is 10.1. The zero-order valence-corrected chi connectivity index (χ0v) is 13.4. The maximum atomic E-state index is 12.7. The highest BCUT2D eigenvalue weighted by Gasteiger charge is 2.36. The highest BCUT2D eigenvalue weighted by atomic mass is 35.5. The molecule has 0 aliphatic carbocycles. The van der Waals surface area contributed by atoms with Gasteiger partial charge in [0.25, 0.3) is 5.91 Å². The number of aromatic nitrogens is 2. The SMILES string of the molecule is CC1(CN)CCN(C(=O)c2cn[nH]c2-c2ccccc2)C1.Cl. The molecule has 3 rings (SSSR count). The summed E-state index contributed by atoms with van der Waals surface area (Å²) in [5, 5.41) is 6.99. The minimum atomic E-state index is 0. The molecular weight excluding hydrogens is 300 g/mol. The number of amides is 1. The predicted octanol–water partition coefficient (Wildman–Crippen LogP) is 2.31. The number of H-pyrrole nitrogens is 1. The summed E-state index contributed by atoms with van der Waals surface area (Å²) in [4.78, 5) is 14.6. The molecule has 1 aromatic carbocycles. The van der Waals surface area contributed by atoms with Crippen LogP contribution >= 0.6 is 12.4 Å². The van der Waals surface area contributed by atoms with Gasteiger partial charge in [0.15, 0.2) is 0 Å². The summed E-state index contributed by atoms with van der Waals surface area (Å²) >= 11 is 0. The van der Waals surface area contributed by atoms with E-state index in [4.69, 9.17) is 5.73 Å². The third-order valence-corrected chi connectivity index (χ3v) is 4.27. The molecule has 1 amide bonds. The molecule has 22 heavy (non-hydrogen) atoms. The van der Waals surface area contributed by atoms with Gasteiger partial charge in [0, 0.05) is 18.7 Å². The number of hydrogen-bond donors (Lipinski definition) is 2. The van der Waals surface area contributed by atoms with Gasteiger partial charge in [0.2, 0.25) is 0 Å². The van der Waals surface area contributed by atoms with Crippen LogP contribution in [0.4, 0.5) is 0 Å². The number of likely N-dealkylation sites (tertiary alicyclic amines) is 1. The molecule has 3 N–H and O–H groups in total. The van der Waals surface area contributed by atoms with Crippen molar-refractivity contribution < 1.29 is 4.79 Å². The van der Waals surface area contributed by atoms with Gasteiger partial charge in [-0.1, -0.05) is 37.3 Å². The van der Waals surface area contributed by atoms with Crippen molar-refractivity contribution in [2.45, 2.75) is 13.3 Å². The van der Waals surface area contributed by atoms with Crippen LogP contribution in [0.3, 0.4) is 0 Å². The van der Waals surface area contributed by atoms with E-state index in [1.54, 1.807) is 6.20 Å². The summed E-state index contributed by atoms with van der Waals surface area (Å²) in [5.41, 5.74) is 8.23. The Morgan fingerprint density at radius 2 is 2.14 bits per heavy atom. The highest BCUT2D eigenvalue weighted by molar-refractivity contribution is 5.99. The molecule has 2 aromatic rings. The standard InChI is InChI=1S/C16H20N4O.ClH/c1-16(10-17)7-8-20(11-16)15(21)13-9-18-19-14(13)12-5-3-2-4-6-12;/h2-6,9H,7-8,10-11,17H2,1H3,(H,18,19);1H. The second-order valence-corrected chi connectivity index (χ2v) is 6.02. The molecule has 1 aromatic heterocycles. The van der Waals surface area contributed by atoms with Crippen LogP contribution in [0.2, 0.25) is 0 Å². The van der Waals surface area contributed by atoms with E-state index >= 15 is 0 Å². The van der Waals surface area contributed by atoms with Gasteiger partial charge in [0.1, 0.15) is 0 Å². The fourth-order valence-electron chi connectivity index (χ4n) is 2.81. The monoisotopic (exact) mass is 320 g/mol. The van der Waals surface area contributed by atoms with Crippen molar-refractivity contribution in [2.24, 2.45) is 11.1 Å². The number of rotatable bonds is 3. The van der Waals surface area contributed by atoms with E-state index in [1.807, 2.05) is 35.2 Å². The van der Waals surface area contributed by atoms with Crippen LogP contribution in [0.5, 0.6) is 0 Å². The Kier molecular flexibility index (Phi) is 4.88. The van der Waals surface area contributed by atoms with E-state index in [9.17, 15) is 4.79 Å². The lowest BCUT2D eigenvalue weighted by Crippen LogP contribution is -2.34. The zero-order chi connectivity index (χ0) is 14.9. The minimum absolute atomic E-state index is 0. The van der Waals surface area contributed by atoms with Crippen molar-refractivity contribution in [3.8, 4) is 11.3 Å². The van der Waals surface area contributed by atoms with Gasteiger partial charge in [-0.25, -0.2) is 0 Å². The smallest absolute Gasteiger partial charge is 0.257 e. The summed E-state index contributed by atoms with van der Waals surface area (Å²) in [6.07, 6.45) is 2.57. The van der Waals surface area contributed by atoms with Crippen molar-refractivity contribution in [3.63, 3.8) is 0 Å². The lowest BCUT2D eigenvalue weighted by atomic mass is 9.90. The van der Waals surface area contributed by atoms with Crippen LogP contribution in [0.1, 0.15) is 23.7 Å². The third kappa shape index (κ3) is 3.00. The van der Waals surface area contributed by atoms with Gasteiger partial charge >= 0.3 is 0 Å². The number of carbonyl (C=O) groups is 1. The molecule has 0 bridgehead atoms. The minimum Gasteiger partial charge on any atom is -0.338 e. The molecule has 1 fully saturated rings.